The Morgan fingerprint density at radius 2 is 2.09 bits per heavy atom. The highest BCUT2D eigenvalue weighted by Crippen LogP contribution is 2.27. The van der Waals surface area contributed by atoms with E-state index >= 15 is 0 Å². The lowest BCUT2D eigenvalue weighted by molar-refractivity contribution is -0.129. The number of methoxy groups -OCH3 is 2. The van der Waals surface area contributed by atoms with E-state index in [4.69, 9.17) is 9.47 Å². The van der Waals surface area contributed by atoms with Gasteiger partial charge in [0.05, 0.1) is 19.9 Å². The molecule has 3 N–H and O–H groups in total. The quantitative estimate of drug-likeness (QED) is 0.271. The Kier molecular flexibility index (Phi) is 7.41. The number of aromatic hydroxyl groups is 1. The molecule has 0 saturated heterocycles. The lowest BCUT2D eigenvalue weighted by Gasteiger charge is -2.05. The second-order valence-electron chi connectivity index (χ2n) is 4.21. The number of hydrogen-bond donors (Lipinski definition) is 3. The standard InChI is InChI=1S/C14H19N3O5/c1-21-7-6-15-12(18)8-13(19)17-16-9-10-4-3-5-11(22-2)14(10)20/h3-5,9,20H,6-8H2,1-2H3,(H,15,18)(H,17,19). The summed E-state index contributed by atoms with van der Waals surface area (Å²) in [4.78, 5) is 22.8. The van der Waals surface area contributed by atoms with Gasteiger partial charge in [-0.05, 0) is 12.1 Å². The summed E-state index contributed by atoms with van der Waals surface area (Å²) in [5, 5.41) is 16.0. The Hall–Kier alpha value is -2.61. The van der Waals surface area contributed by atoms with Gasteiger partial charge in [0.2, 0.25) is 11.8 Å². The number of carbonyl (C=O) groups excluding carboxylic acids is 2. The van der Waals surface area contributed by atoms with Crippen LogP contribution in [0, 0.1) is 0 Å². The van der Waals surface area contributed by atoms with Crippen molar-refractivity contribution in [3.05, 3.63) is 23.8 Å². The number of phenolic OH excluding ortho intramolecular Hbond substituents is 1. The number of ether oxygens (including phenoxy) is 2. The highest BCUT2D eigenvalue weighted by Gasteiger charge is 2.08. The molecule has 0 aliphatic heterocycles. The molecule has 0 bridgehead atoms. The average molecular weight is 309 g/mol. The molecule has 0 heterocycles. The Balaban J connectivity index is 2.45. The monoisotopic (exact) mass is 309 g/mol. The van der Waals surface area contributed by atoms with Gasteiger partial charge in [-0.3, -0.25) is 9.59 Å². The molecular formula is C14H19N3O5. The summed E-state index contributed by atoms with van der Waals surface area (Å²) in [6, 6.07) is 4.87. The zero-order chi connectivity index (χ0) is 16.4. The molecule has 8 heteroatoms. The predicted molar refractivity (Wildman–Crippen MR) is 79.9 cm³/mol. The number of amides is 2. The molecule has 0 aromatic heterocycles. The van der Waals surface area contributed by atoms with Gasteiger partial charge in [-0.25, -0.2) is 5.43 Å². The predicted octanol–water partition coefficient (Wildman–Crippen LogP) is 0.00360. The van der Waals surface area contributed by atoms with Crippen molar-refractivity contribution in [3.63, 3.8) is 0 Å². The number of phenols is 1. The van der Waals surface area contributed by atoms with Crippen LogP contribution in [0.4, 0.5) is 0 Å². The zero-order valence-electron chi connectivity index (χ0n) is 12.5. The summed E-state index contributed by atoms with van der Waals surface area (Å²) >= 11 is 0. The summed E-state index contributed by atoms with van der Waals surface area (Å²) in [5.41, 5.74) is 2.58. The lowest BCUT2D eigenvalue weighted by atomic mass is 10.2. The molecule has 0 atom stereocenters. The first kappa shape index (κ1) is 17.4. The maximum atomic E-state index is 11.5. The van der Waals surface area contributed by atoms with Gasteiger partial charge in [-0.1, -0.05) is 6.07 Å². The van der Waals surface area contributed by atoms with Crippen LogP contribution in [0.1, 0.15) is 12.0 Å². The molecule has 0 fully saturated rings. The molecule has 0 spiro atoms. The highest BCUT2D eigenvalue weighted by molar-refractivity contribution is 5.97. The molecular weight excluding hydrogens is 290 g/mol. The van der Waals surface area contributed by atoms with E-state index in [0.717, 1.165) is 0 Å². The molecule has 2 amide bonds. The number of carbonyl (C=O) groups is 2. The van der Waals surface area contributed by atoms with Gasteiger partial charge >= 0.3 is 0 Å². The molecule has 8 nitrogen and oxygen atoms in total. The number of hydrazone groups is 1. The van der Waals surface area contributed by atoms with Crippen LogP contribution in [0.5, 0.6) is 11.5 Å². The van der Waals surface area contributed by atoms with Crippen LogP contribution in [-0.2, 0) is 14.3 Å². The third-order valence-corrected chi connectivity index (χ3v) is 2.59. The number of hydrogen-bond acceptors (Lipinski definition) is 6. The minimum absolute atomic E-state index is 0.0830. The van der Waals surface area contributed by atoms with Crippen LogP contribution in [0.3, 0.4) is 0 Å². The van der Waals surface area contributed by atoms with E-state index in [1.165, 1.54) is 20.4 Å². The largest absolute Gasteiger partial charge is 0.504 e. The number of para-hydroxylation sites is 1. The summed E-state index contributed by atoms with van der Waals surface area (Å²) in [6.07, 6.45) is 0.920. The fraction of sp³-hybridized carbons (Fsp3) is 0.357. The van der Waals surface area contributed by atoms with Crippen molar-refractivity contribution in [3.8, 4) is 11.5 Å². The van der Waals surface area contributed by atoms with Crippen molar-refractivity contribution in [2.75, 3.05) is 27.4 Å². The van der Waals surface area contributed by atoms with E-state index in [2.05, 4.69) is 15.8 Å². The van der Waals surface area contributed by atoms with Crippen LogP contribution in [0.15, 0.2) is 23.3 Å². The van der Waals surface area contributed by atoms with Gasteiger partial charge < -0.3 is 19.9 Å². The second kappa shape index (κ2) is 9.35. The first-order chi connectivity index (χ1) is 10.6. The van der Waals surface area contributed by atoms with Gasteiger partial charge in [-0.2, -0.15) is 5.10 Å². The molecule has 0 aliphatic rings. The number of benzene rings is 1. The second-order valence-corrected chi connectivity index (χ2v) is 4.21. The summed E-state index contributed by atoms with van der Waals surface area (Å²) in [6.45, 7) is 0.712. The topological polar surface area (TPSA) is 109 Å². The average Bonchev–Trinajstić information content (AvgIpc) is 2.49. The van der Waals surface area contributed by atoms with Gasteiger partial charge in [0.25, 0.3) is 0 Å². The van der Waals surface area contributed by atoms with E-state index in [1.807, 2.05) is 0 Å². The Morgan fingerprint density at radius 3 is 2.77 bits per heavy atom. The minimum Gasteiger partial charge on any atom is -0.504 e. The summed E-state index contributed by atoms with van der Waals surface area (Å²) in [5.74, 6) is -0.768. The van der Waals surface area contributed by atoms with Crippen molar-refractivity contribution in [2.45, 2.75) is 6.42 Å². The number of nitrogens with zero attached hydrogens (tertiary/aromatic N) is 1. The molecule has 0 unspecified atom stereocenters. The third-order valence-electron chi connectivity index (χ3n) is 2.59. The maximum absolute atomic E-state index is 11.5. The van der Waals surface area contributed by atoms with E-state index < -0.39 is 11.8 Å². The maximum Gasteiger partial charge on any atom is 0.249 e. The molecule has 1 rings (SSSR count). The van der Waals surface area contributed by atoms with E-state index in [0.29, 0.717) is 24.5 Å². The summed E-state index contributed by atoms with van der Waals surface area (Å²) in [7, 11) is 2.95. The van der Waals surface area contributed by atoms with Crippen molar-refractivity contribution < 1.29 is 24.2 Å². The molecule has 22 heavy (non-hydrogen) atoms. The van der Waals surface area contributed by atoms with Gasteiger partial charge in [0.1, 0.15) is 6.42 Å². The Bertz CT molecular complexity index is 545. The molecule has 0 radical (unpaired) electrons. The van der Waals surface area contributed by atoms with Crippen molar-refractivity contribution in [1.82, 2.24) is 10.7 Å². The lowest BCUT2D eigenvalue weighted by Crippen LogP contribution is -2.31. The van der Waals surface area contributed by atoms with E-state index in [-0.39, 0.29) is 12.2 Å². The van der Waals surface area contributed by atoms with Crippen LogP contribution < -0.4 is 15.5 Å². The van der Waals surface area contributed by atoms with Crippen LogP contribution in [-0.4, -0.2) is 50.5 Å². The number of rotatable bonds is 8. The van der Waals surface area contributed by atoms with Gasteiger partial charge in [0, 0.05) is 19.2 Å². The smallest absolute Gasteiger partial charge is 0.249 e. The molecule has 1 aromatic carbocycles. The number of nitrogens with one attached hydrogen (secondary N) is 2. The Morgan fingerprint density at radius 1 is 1.32 bits per heavy atom. The van der Waals surface area contributed by atoms with Crippen LogP contribution >= 0.6 is 0 Å². The first-order valence-electron chi connectivity index (χ1n) is 6.52. The van der Waals surface area contributed by atoms with Crippen molar-refractivity contribution >= 4 is 18.0 Å². The molecule has 120 valence electrons. The van der Waals surface area contributed by atoms with Crippen molar-refractivity contribution in [2.24, 2.45) is 5.10 Å². The SMILES string of the molecule is COCCNC(=O)CC(=O)NN=Cc1cccc(OC)c1O. The normalized spacial score (nSPS) is 10.5. The van der Waals surface area contributed by atoms with Gasteiger partial charge in [-0.15, -0.1) is 0 Å². The highest BCUT2D eigenvalue weighted by atomic mass is 16.5. The fourth-order valence-corrected chi connectivity index (χ4v) is 1.52. The van der Waals surface area contributed by atoms with Crippen molar-refractivity contribution in [1.29, 1.82) is 0 Å². The molecule has 1 aromatic rings. The van der Waals surface area contributed by atoms with E-state index in [9.17, 15) is 14.7 Å². The first-order valence-corrected chi connectivity index (χ1v) is 6.52. The summed E-state index contributed by atoms with van der Waals surface area (Å²) < 4.78 is 9.72. The molecule has 0 aliphatic carbocycles. The molecule has 0 saturated carbocycles. The Labute approximate surface area is 128 Å². The minimum atomic E-state index is -0.562. The zero-order valence-corrected chi connectivity index (χ0v) is 12.5. The fourth-order valence-electron chi connectivity index (χ4n) is 1.52. The van der Waals surface area contributed by atoms with E-state index in [1.54, 1.807) is 18.2 Å². The van der Waals surface area contributed by atoms with Crippen LogP contribution in [0.25, 0.3) is 0 Å². The van der Waals surface area contributed by atoms with Gasteiger partial charge in [0.15, 0.2) is 11.5 Å². The van der Waals surface area contributed by atoms with Crippen LogP contribution in [0.2, 0.25) is 0 Å². The third kappa shape index (κ3) is 5.80.